The van der Waals surface area contributed by atoms with E-state index in [9.17, 15) is 18.0 Å². The number of hydrogen-bond acceptors (Lipinski definition) is 3. The molecule has 4 nitrogen and oxygen atoms in total. The number of phenols is 1. The minimum absolute atomic E-state index is 0.169. The number of halogens is 3. The van der Waals surface area contributed by atoms with Crippen molar-refractivity contribution in [3.05, 3.63) is 58.9 Å². The Morgan fingerprint density at radius 2 is 1.90 bits per heavy atom. The molecular weight excluding hydrogens is 285 g/mol. The van der Waals surface area contributed by atoms with Crippen LogP contribution in [0.2, 0.25) is 0 Å². The van der Waals surface area contributed by atoms with Crippen LogP contribution in [0.3, 0.4) is 0 Å². The number of rotatable bonds is 2. The summed E-state index contributed by atoms with van der Waals surface area (Å²) in [7, 11) is 0. The summed E-state index contributed by atoms with van der Waals surface area (Å²) >= 11 is 0. The van der Waals surface area contributed by atoms with Crippen molar-refractivity contribution >= 4 is 11.6 Å². The molecule has 106 valence electrons. The Morgan fingerprint density at radius 3 is 2.57 bits per heavy atom. The van der Waals surface area contributed by atoms with Gasteiger partial charge in [-0.25, -0.2) is 8.78 Å². The summed E-state index contributed by atoms with van der Waals surface area (Å²) in [5.74, 6) is -7.54. The number of carbonyl (C=O) groups is 1. The third-order valence-electron chi connectivity index (χ3n) is 2.63. The Labute approximate surface area is 117 Å². The van der Waals surface area contributed by atoms with Crippen molar-refractivity contribution in [2.45, 2.75) is 0 Å². The summed E-state index contributed by atoms with van der Waals surface area (Å²) in [4.78, 5) is 11.8. The van der Waals surface area contributed by atoms with Crippen LogP contribution in [0.5, 0.6) is 5.75 Å². The topological polar surface area (TPSA) is 73.1 Å². The Balaban J connectivity index is 2.35. The maximum Gasteiger partial charge on any atom is 0.258 e. The Morgan fingerprint density at radius 1 is 1.19 bits per heavy atom. The van der Waals surface area contributed by atoms with E-state index in [0.29, 0.717) is 6.07 Å². The molecule has 2 rings (SSSR count). The highest BCUT2D eigenvalue weighted by Crippen LogP contribution is 2.26. The number of carbonyl (C=O) groups excluding carboxylic acids is 1. The van der Waals surface area contributed by atoms with Crippen LogP contribution in [0.15, 0.2) is 30.3 Å². The summed E-state index contributed by atoms with van der Waals surface area (Å²) in [6.07, 6.45) is 0. The molecule has 0 aromatic heterocycles. The fourth-order valence-electron chi connectivity index (χ4n) is 1.62. The predicted molar refractivity (Wildman–Crippen MR) is 67.1 cm³/mol. The fraction of sp³-hybridized carbons (Fsp3) is 0. The number of nitrogens with zero attached hydrogens (tertiary/aromatic N) is 1. The SMILES string of the molecule is N#Cc1cccc(NC(=O)c2cc(F)c(F)c(O)c2F)c1. The van der Waals surface area contributed by atoms with Crippen LogP contribution in [-0.2, 0) is 0 Å². The van der Waals surface area contributed by atoms with E-state index in [2.05, 4.69) is 5.32 Å². The molecule has 2 N–H and O–H groups in total. The van der Waals surface area contributed by atoms with E-state index in [1.165, 1.54) is 24.3 Å². The maximum atomic E-state index is 13.6. The molecule has 0 aliphatic carbocycles. The van der Waals surface area contributed by atoms with Gasteiger partial charge in [0.05, 0.1) is 17.2 Å². The minimum atomic E-state index is -1.77. The van der Waals surface area contributed by atoms with Crippen molar-refractivity contribution in [2.24, 2.45) is 0 Å². The molecule has 2 aromatic carbocycles. The lowest BCUT2D eigenvalue weighted by Gasteiger charge is -2.08. The van der Waals surface area contributed by atoms with E-state index in [-0.39, 0.29) is 11.3 Å². The number of phenolic OH excluding ortho intramolecular Hbond substituents is 1. The van der Waals surface area contributed by atoms with Crippen LogP contribution in [0.4, 0.5) is 18.9 Å². The van der Waals surface area contributed by atoms with Gasteiger partial charge < -0.3 is 10.4 Å². The van der Waals surface area contributed by atoms with Gasteiger partial charge in [0.15, 0.2) is 17.4 Å². The maximum absolute atomic E-state index is 13.6. The second-order valence-corrected chi connectivity index (χ2v) is 4.03. The Hall–Kier alpha value is -3.01. The molecular formula is C14H7F3N2O2. The van der Waals surface area contributed by atoms with Crippen molar-refractivity contribution in [2.75, 3.05) is 5.32 Å². The van der Waals surface area contributed by atoms with Gasteiger partial charge in [0.1, 0.15) is 0 Å². The molecule has 21 heavy (non-hydrogen) atoms. The van der Waals surface area contributed by atoms with Gasteiger partial charge in [0, 0.05) is 5.69 Å². The van der Waals surface area contributed by atoms with Crippen LogP contribution in [0.25, 0.3) is 0 Å². The monoisotopic (exact) mass is 292 g/mol. The number of hydrogen-bond donors (Lipinski definition) is 2. The highest BCUT2D eigenvalue weighted by Gasteiger charge is 2.22. The molecule has 0 bridgehead atoms. The van der Waals surface area contributed by atoms with Gasteiger partial charge in [-0.05, 0) is 24.3 Å². The van der Waals surface area contributed by atoms with Crippen LogP contribution in [0, 0.1) is 28.8 Å². The van der Waals surface area contributed by atoms with Crippen LogP contribution in [-0.4, -0.2) is 11.0 Å². The zero-order valence-corrected chi connectivity index (χ0v) is 10.3. The van der Waals surface area contributed by atoms with Gasteiger partial charge in [-0.1, -0.05) is 6.07 Å². The average Bonchev–Trinajstić information content (AvgIpc) is 2.48. The van der Waals surface area contributed by atoms with Crippen LogP contribution >= 0.6 is 0 Å². The van der Waals surface area contributed by atoms with Crippen molar-refractivity contribution in [3.8, 4) is 11.8 Å². The molecule has 0 heterocycles. The summed E-state index contributed by atoms with van der Waals surface area (Å²) in [6.45, 7) is 0. The van der Waals surface area contributed by atoms with E-state index < -0.39 is 34.7 Å². The zero-order chi connectivity index (χ0) is 15.6. The average molecular weight is 292 g/mol. The second kappa shape index (κ2) is 5.54. The molecule has 0 spiro atoms. The van der Waals surface area contributed by atoms with Crippen LogP contribution < -0.4 is 5.32 Å². The molecule has 0 aliphatic rings. The lowest BCUT2D eigenvalue weighted by atomic mass is 10.1. The standard InChI is InChI=1S/C14H7F3N2O2/c15-10-5-9(11(16)13(20)12(10)17)14(21)19-8-3-1-2-7(4-8)6-18/h1-5,20H,(H,19,21). The first-order valence-electron chi connectivity index (χ1n) is 5.62. The molecule has 0 aliphatic heterocycles. The molecule has 7 heteroatoms. The normalized spacial score (nSPS) is 10.0. The molecule has 0 radical (unpaired) electrons. The van der Waals surface area contributed by atoms with Gasteiger partial charge in [-0.2, -0.15) is 9.65 Å². The molecule has 0 unspecified atom stereocenters. The second-order valence-electron chi connectivity index (χ2n) is 4.03. The number of nitriles is 1. The highest BCUT2D eigenvalue weighted by molar-refractivity contribution is 6.04. The quantitative estimate of drug-likeness (QED) is 0.836. The molecule has 0 fully saturated rings. The smallest absolute Gasteiger partial charge is 0.258 e. The van der Waals surface area contributed by atoms with Gasteiger partial charge in [-0.3, -0.25) is 4.79 Å². The van der Waals surface area contributed by atoms with Crippen molar-refractivity contribution in [3.63, 3.8) is 0 Å². The lowest BCUT2D eigenvalue weighted by Crippen LogP contribution is -2.15. The number of amides is 1. The third kappa shape index (κ3) is 2.79. The summed E-state index contributed by atoms with van der Waals surface area (Å²) in [5, 5.41) is 20.0. The first-order chi connectivity index (χ1) is 9.93. The van der Waals surface area contributed by atoms with Gasteiger partial charge in [0.2, 0.25) is 5.82 Å². The lowest BCUT2D eigenvalue weighted by molar-refractivity contribution is 0.102. The van der Waals surface area contributed by atoms with Crippen molar-refractivity contribution in [1.29, 1.82) is 5.26 Å². The van der Waals surface area contributed by atoms with E-state index in [4.69, 9.17) is 10.4 Å². The number of benzene rings is 2. The predicted octanol–water partition coefficient (Wildman–Crippen LogP) is 2.93. The molecule has 0 saturated carbocycles. The number of anilines is 1. The molecule has 0 atom stereocenters. The van der Waals surface area contributed by atoms with E-state index in [1.807, 2.05) is 6.07 Å². The molecule has 2 aromatic rings. The van der Waals surface area contributed by atoms with E-state index in [0.717, 1.165) is 0 Å². The third-order valence-corrected chi connectivity index (χ3v) is 2.63. The Bertz CT molecular complexity index is 770. The highest BCUT2D eigenvalue weighted by atomic mass is 19.2. The number of aromatic hydroxyl groups is 1. The van der Waals surface area contributed by atoms with Crippen molar-refractivity contribution in [1.82, 2.24) is 0 Å². The zero-order valence-electron chi connectivity index (χ0n) is 10.3. The molecule has 1 amide bonds. The largest absolute Gasteiger partial charge is 0.503 e. The van der Waals surface area contributed by atoms with E-state index in [1.54, 1.807) is 0 Å². The fourth-order valence-corrected chi connectivity index (χ4v) is 1.62. The van der Waals surface area contributed by atoms with Gasteiger partial charge in [-0.15, -0.1) is 0 Å². The van der Waals surface area contributed by atoms with E-state index >= 15 is 0 Å². The first-order valence-corrected chi connectivity index (χ1v) is 5.62. The minimum Gasteiger partial charge on any atom is -0.503 e. The first kappa shape index (κ1) is 14.4. The van der Waals surface area contributed by atoms with Crippen molar-refractivity contribution < 1.29 is 23.1 Å². The Kier molecular flexibility index (Phi) is 3.80. The summed E-state index contributed by atoms with van der Waals surface area (Å²) in [6, 6.07) is 7.89. The summed E-state index contributed by atoms with van der Waals surface area (Å²) in [5.41, 5.74) is -0.433. The number of nitrogens with one attached hydrogen (secondary N) is 1. The van der Waals surface area contributed by atoms with Gasteiger partial charge >= 0.3 is 0 Å². The van der Waals surface area contributed by atoms with Gasteiger partial charge in [0.25, 0.3) is 5.91 Å². The summed E-state index contributed by atoms with van der Waals surface area (Å²) < 4.78 is 39.6. The van der Waals surface area contributed by atoms with Crippen LogP contribution in [0.1, 0.15) is 15.9 Å². The molecule has 0 saturated heterocycles.